The number of hydrogen-bond donors (Lipinski definition) is 0. The van der Waals surface area contributed by atoms with Crippen molar-refractivity contribution in [2.45, 2.75) is 200 Å². The summed E-state index contributed by atoms with van der Waals surface area (Å²) in [5, 5.41) is 0. The highest BCUT2D eigenvalue weighted by Gasteiger charge is 2.21. The molecular formula is C68H108NO8P. The Balaban J connectivity index is 4.32. The molecule has 0 heterocycles. The van der Waals surface area contributed by atoms with Crippen LogP contribution < -0.4 is 4.89 Å². The van der Waals surface area contributed by atoms with Gasteiger partial charge in [-0.15, -0.1) is 0 Å². The van der Waals surface area contributed by atoms with Crippen LogP contribution in [0.3, 0.4) is 0 Å². The van der Waals surface area contributed by atoms with Crippen LogP contribution in [-0.2, 0) is 32.7 Å². The van der Waals surface area contributed by atoms with Crippen LogP contribution in [0, 0.1) is 0 Å². The summed E-state index contributed by atoms with van der Waals surface area (Å²) >= 11 is 0. The monoisotopic (exact) mass is 1100 g/mol. The molecule has 0 aromatic heterocycles. The Labute approximate surface area is 477 Å². The smallest absolute Gasteiger partial charge is 0.306 e. The molecule has 0 radical (unpaired) electrons. The van der Waals surface area contributed by atoms with Gasteiger partial charge in [0.1, 0.15) is 19.8 Å². The van der Waals surface area contributed by atoms with Gasteiger partial charge in [-0.3, -0.25) is 14.2 Å². The Morgan fingerprint density at radius 3 is 1.03 bits per heavy atom. The SMILES string of the molecule is CC/C=C\C/C=C\C/C=C\C/C=C\C/C=C\C/C=C\C/C=C\CCCCCCCC(=O)OCC(COP(=O)([O-])OCC[N+](C)(C)C)OC(=O)CCCCCCC/C=C\C/C=C\C/C=C\C/C=C\C/C=C\C/C=C\C/C=C\CC. The number of allylic oxidation sites excluding steroid dienone is 28. The van der Waals surface area contributed by atoms with E-state index in [0.717, 1.165) is 154 Å². The number of nitrogens with zero attached hydrogens (tertiary/aromatic N) is 1. The van der Waals surface area contributed by atoms with Gasteiger partial charge in [-0.2, -0.15) is 0 Å². The number of carbonyl (C=O) groups is 2. The van der Waals surface area contributed by atoms with Crippen LogP contribution >= 0.6 is 7.82 Å². The summed E-state index contributed by atoms with van der Waals surface area (Å²) in [5.41, 5.74) is 0. The molecule has 0 saturated carbocycles. The second kappa shape index (κ2) is 57.1. The summed E-state index contributed by atoms with van der Waals surface area (Å²) in [4.78, 5) is 37.9. The molecule has 0 N–H and O–H groups in total. The predicted molar refractivity (Wildman–Crippen MR) is 332 cm³/mol. The summed E-state index contributed by atoms with van der Waals surface area (Å²) < 4.78 is 34.1. The molecule has 0 rings (SSSR count). The van der Waals surface area contributed by atoms with E-state index in [1.165, 1.54) is 0 Å². The number of phosphoric ester groups is 1. The molecule has 0 saturated heterocycles. The van der Waals surface area contributed by atoms with Gasteiger partial charge in [0.15, 0.2) is 6.10 Å². The minimum Gasteiger partial charge on any atom is -0.756 e. The number of hydrogen-bond acceptors (Lipinski definition) is 8. The Bertz CT molecular complexity index is 1920. The summed E-state index contributed by atoms with van der Waals surface area (Å²) in [6, 6.07) is 0. The van der Waals surface area contributed by atoms with Gasteiger partial charge in [0.25, 0.3) is 7.82 Å². The van der Waals surface area contributed by atoms with Crippen molar-refractivity contribution >= 4 is 19.8 Å². The zero-order chi connectivity index (χ0) is 57.0. The van der Waals surface area contributed by atoms with Crippen molar-refractivity contribution in [3.05, 3.63) is 170 Å². The van der Waals surface area contributed by atoms with Crippen LogP contribution in [0.1, 0.15) is 194 Å². The highest BCUT2D eigenvalue weighted by atomic mass is 31.2. The second-order valence-electron chi connectivity index (χ2n) is 20.2. The van der Waals surface area contributed by atoms with Crippen molar-refractivity contribution in [3.8, 4) is 0 Å². The zero-order valence-corrected chi connectivity index (χ0v) is 50.4. The molecule has 0 aliphatic heterocycles. The third-order valence-corrected chi connectivity index (χ3v) is 12.7. The van der Waals surface area contributed by atoms with Gasteiger partial charge in [-0.25, -0.2) is 0 Å². The standard InChI is InChI=1S/C68H108NO8P/c1-6-8-10-12-14-16-18-20-22-24-26-28-30-32-34-36-38-40-42-44-46-48-50-52-54-56-58-60-67(70)74-64-66(65-76-78(72,73)75-63-62-69(3,4)5)77-68(71)61-59-57-55-53-51-49-47-45-43-41-39-37-35-33-31-29-27-25-23-21-19-17-15-13-11-9-7-2/h8-11,14-17,20-23,26-29,32-35,38-41,44-47,66H,6-7,12-13,18-19,24-25,30-31,36-37,42-43,48-65H2,1-5H3/b10-8-,11-9-,16-14-,17-15-,22-20-,23-21-,28-26-,29-27-,34-32-,35-33-,40-38-,41-39-,46-44-,47-45-. The summed E-state index contributed by atoms with van der Waals surface area (Å²) in [5.74, 6) is -0.895. The molecule has 10 heteroatoms. The minimum atomic E-state index is -4.66. The van der Waals surface area contributed by atoms with Crippen molar-refractivity contribution < 1.29 is 42.1 Å². The number of phosphoric acid groups is 1. The molecule has 0 fully saturated rings. The van der Waals surface area contributed by atoms with Crippen molar-refractivity contribution in [1.29, 1.82) is 0 Å². The number of carbonyl (C=O) groups excluding carboxylic acids is 2. The van der Waals surface area contributed by atoms with Gasteiger partial charge in [-0.1, -0.05) is 223 Å². The van der Waals surface area contributed by atoms with E-state index < -0.39 is 32.5 Å². The maximum atomic E-state index is 12.8. The number of esters is 2. The van der Waals surface area contributed by atoms with E-state index in [0.29, 0.717) is 23.9 Å². The number of quaternary nitrogens is 1. The van der Waals surface area contributed by atoms with Gasteiger partial charge in [0.05, 0.1) is 27.7 Å². The van der Waals surface area contributed by atoms with Gasteiger partial charge < -0.3 is 27.9 Å². The van der Waals surface area contributed by atoms with Crippen LogP contribution in [0.15, 0.2) is 170 Å². The van der Waals surface area contributed by atoms with E-state index in [2.05, 4.69) is 184 Å². The lowest BCUT2D eigenvalue weighted by atomic mass is 10.1. The first kappa shape index (κ1) is 73.4. The number of ether oxygens (including phenoxy) is 2. The zero-order valence-electron chi connectivity index (χ0n) is 49.5. The normalized spacial score (nSPS) is 14.5. The molecule has 0 aromatic rings. The quantitative estimate of drug-likeness (QED) is 0.0195. The van der Waals surface area contributed by atoms with Crippen LogP contribution in [0.25, 0.3) is 0 Å². The Kier molecular flexibility index (Phi) is 53.7. The molecule has 78 heavy (non-hydrogen) atoms. The van der Waals surface area contributed by atoms with Gasteiger partial charge in [0, 0.05) is 12.8 Å². The fraction of sp³-hybridized carbons (Fsp3) is 0.559. The van der Waals surface area contributed by atoms with E-state index in [9.17, 15) is 19.0 Å². The minimum absolute atomic E-state index is 0.0495. The van der Waals surface area contributed by atoms with E-state index >= 15 is 0 Å². The van der Waals surface area contributed by atoms with Crippen molar-refractivity contribution in [2.24, 2.45) is 0 Å². The lowest BCUT2D eigenvalue weighted by molar-refractivity contribution is -0.870. The molecule has 0 aliphatic carbocycles. The van der Waals surface area contributed by atoms with Crippen molar-refractivity contribution in [2.75, 3.05) is 47.5 Å². The van der Waals surface area contributed by atoms with Crippen molar-refractivity contribution in [1.82, 2.24) is 0 Å². The molecule has 438 valence electrons. The molecule has 0 bridgehead atoms. The summed E-state index contributed by atoms with van der Waals surface area (Å²) in [7, 11) is 1.11. The Morgan fingerprint density at radius 2 is 0.692 bits per heavy atom. The van der Waals surface area contributed by atoms with E-state index in [1.807, 2.05) is 21.1 Å². The maximum absolute atomic E-state index is 12.8. The predicted octanol–water partition coefficient (Wildman–Crippen LogP) is 18.4. The number of rotatable bonds is 52. The largest absolute Gasteiger partial charge is 0.756 e. The van der Waals surface area contributed by atoms with Crippen LogP contribution in [0.2, 0.25) is 0 Å². The first-order valence-electron chi connectivity index (χ1n) is 29.8. The Hall–Kier alpha value is -4.63. The molecule has 2 unspecified atom stereocenters. The highest BCUT2D eigenvalue weighted by molar-refractivity contribution is 7.45. The fourth-order valence-corrected chi connectivity index (χ4v) is 7.93. The summed E-state index contributed by atoms with van der Waals surface area (Å²) in [6.07, 6.45) is 86.8. The van der Waals surface area contributed by atoms with Crippen LogP contribution in [0.5, 0.6) is 0 Å². The summed E-state index contributed by atoms with van der Waals surface area (Å²) in [6.45, 7) is 3.93. The third-order valence-electron chi connectivity index (χ3n) is 11.7. The molecule has 2 atom stereocenters. The van der Waals surface area contributed by atoms with E-state index in [4.69, 9.17) is 18.5 Å². The fourth-order valence-electron chi connectivity index (χ4n) is 7.20. The average molecular weight is 1100 g/mol. The number of likely N-dealkylation sites (N-methyl/N-ethyl adjacent to an activating group) is 1. The maximum Gasteiger partial charge on any atom is 0.306 e. The third kappa shape index (κ3) is 60.6. The van der Waals surface area contributed by atoms with Crippen LogP contribution in [-0.4, -0.2) is 70.0 Å². The molecule has 0 amide bonds. The van der Waals surface area contributed by atoms with E-state index in [1.54, 1.807) is 0 Å². The van der Waals surface area contributed by atoms with Gasteiger partial charge >= 0.3 is 11.9 Å². The lowest BCUT2D eigenvalue weighted by Crippen LogP contribution is -2.37. The lowest BCUT2D eigenvalue weighted by Gasteiger charge is -2.28. The topological polar surface area (TPSA) is 111 Å². The average Bonchev–Trinajstić information content (AvgIpc) is 3.41. The Morgan fingerprint density at radius 1 is 0.397 bits per heavy atom. The van der Waals surface area contributed by atoms with Gasteiger partial charge in [0.2, 0.25) is 0 Å². The van der Waals surface area contributed by atoms with Crippen molar-refractivity contribution in [3.63, 3.8) is 0 Å². The molecule has 0 aromatic carbocycles. The van der Waals surface area contributed by atoms with Gasteiger partial charge in [-0.05, 0) is 128 Å². The first-order chi connectivity index (χ1) is 38.0. The molecule has 9 nitrogen and oxygen atoms in total. The molecule has 0 aliphatic rings. The molecular weight excluding hydrogens is 990 g/mol. The first-order valence-corrected chi connectivity index (χ1v) is 31.3. The number of unbranched alkanes of at least 4 members (excludes halogenated alkanes) is 10. The molecule has 0 spiro atoms. The van der Waals surface area contributed by atoms with E-state index in [-0.39, 0.29) is 26.1 Å². The second-order valence-corrected chi connectivity index (χ2v) is 21.7. The van der Waals surface area contributed by atoms with Crippen LogP contribution in [0.4, 0.5) is 0 Å². The highest BCUT2D eigenvalue weighted by Crippen LogP contribution is 2.38.